The van der Waals surface area contributed by atoms with Gasteiger partial charge in [0.15, 0.2) is 0 Å². The zero-order chi connectivity index (χ0) is 14.8. The van der Waals surface area contributed by atoms with Crippen LogP contribution in [0.3, 0.4) is 0 Å². The van der Waals surface area contributed by atoms with Crippen LogP contribution in [0.4, 0.5) is 0 Å². The van der Waals surface area contributed by atoms with E-state index in [1.807, 2.05) is 23.1 Å². The highest BCUT2D eigenvalue weighted by atomic mass is 16.3. The third-order valence-corrected chi connectivity index (χ3v) is 3.90. The number of aromatic amines is 1. The van der Waals surface area contributed by atoms with Crippen molar-refractivity contribution in [3.63, 3.8) is 0 Å². The van der Waals surface area contributed by atoms with Crippen LogP contribution in [0.25, 0.3) is 10.9 Å². The summed E-state index contributed by atoms with van der Waals surface area (Å²) in [4.78, 5) is 16.7. The van der Waals surface area contributed by atoms with Crippen molar-refractivity contribution >= 4 is 16.8 Å². The summed E-state index contributed by atoms with van der Waals surface area (Å²) in [5, 5.41) is 17.2. The van der Waals surface area contributed by atoms with Crippen LogP contribution in [0.15, 0.2) is 24.4 Å². The number of aromatic nitrogens is 2. The first-order valence-electron chi connectivity index (χ1n) is 7.27. The van der Waals surface area contributed by atoms with Gasteiger partial charge in [0.25, 0.3) is 5.91 Å². The molecule has 0 spiro atoms. The van der Waals surface area contributed by atoms with Crippen molar-refractivity contribution in [3.05, 3.63) is 30.0 Å². The maximum Gasteiger partial charge on any atom is 0.254 e. The predicted octanol–water partition coefficient (Wildman–Crippen LogP) is 0.701. The second-order valence-electron chi connectivity index (χ2n) is 5.58. The Kier molecular flexibility index (Phi) is 3.90. The molecule has 2 heterocycles. The van der Waals surface area contributed by atoms with Gasteiger partial charge in [-0.15, -0.1) is 0 Å². The highest BCUT2D eigenvalue weighted by Crippen LogP contribution is 2.18. The van der Waals surface area contributed by atoms with Gasteiger partial charge < -0.3 is 10.0 Å². The average molecular weight is 288 g/mol. The number of nitrogens with zero attached hydrogens (tertiary/aromatic N) is 3. The van der Waals surface area contributed by atoms with E-state index in [9.17, 15) is 9.90 Å². The molecule has 3 rings (SSSR count). The van der Waals surface area contributed by atoms with Gasteiger partial charge in [0, 0.05) is 38.1 Å². The zero-order valence-electron chi connectivity index (χ0n) is 12.1. The first kappa shape index (κ1) is 14.0. The number of piperazine rings is 1. The summed E-state index contributed by atoms with van der Waals surface area (Å²) in [6, 6.07) is 5.64. The molecule has 0 aliphatic carbocycles. The van der Waals surface area contributed by atoms with Gasteiger partial charge >= 0.3 is 0 Å². The number of hydrogen-bond acceptors (Lipinski definition) is 4. The van der Waals surface area contributed by atoms with Crippen LogP contribution in [0, 0.1) is 0 Å². The molecule has 1 fully saturated rings. The Labute approximate surface area is 123 Å². The van der Waals surface area contributed by atoms with Crippen LogP contribution in [0.5, 0.6) is 0 Å². The van der Waals surface area contributed by atoms with Crippen LogP contribution in [-0.4, -0.2) is 69.8 Å². The Morgan fingerprint density at radius 1 is 1.38 bits per heavy atom. The van der Waals surface area contributed by atoms with Crippen molar-refractivity contribution in [3.8, 4) is 0 Å². The Bertz CT molecular complexity index is 629. The van der Waals surface area contributed by atoms with Crippen molar-refractivity contribution in [2.75, 3.05) is 32.7 Å². The molecule has 1 aliphatic heterocycles. The number of fused-ring (bicyclic) bond motifs is 1. The molecule has 1 atom stereocenters. The highest BCUT2D eigenvalue weighted by molar-refractivity contribution is 6.06. The number of H-pyrrole nitrogens is 1. The molecule has 2 aromatic rings. The second-order valence-corrected chi connectivity index (χ2v) is 5.58. The van der Waals surface area contributed by atoms with Gasteiger partial charge in [0.2, 0.25) is 0 Å². The molecule has 1 aromatic carbocycles. The normalized spacial score (nSPS) is 18.1. The van der Waals surface area contributed by atoms with Crippen LogP contribution in [0.1, 0.15) is 17.3 Å². The smallest absolute Gasteiger partial charge is 0.254 e. The zero-order valence-corrected chi connectivity index (χ0v) is 12.1. The third kappa shape index (κ3) is 2.91. The van der Waals surface area contributed by atoms with E-state index in [0.717, 1.165) is 24.0 Å². The second kappa shape index (κ2) is 5.83. The maximum absolute atomic E-state index is 12.7. The largest absolute Gasteiger partial charge is 0.392 e. The lowest BCUT2D eigenvalue weighted by Gasteiger charge is -2.35. The Balaban J connectivity index is 1.71. The Morgan fingerprint density at radius 3 is 2.86 bits per heavy atom. The number of amides is 1. The van der Waals surface area contributed by atoms with E-state index in [1.165, 1.54) is 0 Å². The summed E-state index contributed by atoms with van der Waals surface area (Å²) in [6.07, 6.45) is 1.37. The molecule has 1 amide bonds. The SMILES string of the molecule is C[C@H](O)CN1CCN(C(=O)c2cccc3[nH]ncc23)CC1. The minimum Gasteiger partial charge on any atom is -0.392 e. The summed E-state index contributed by atoms with van der Waals surface area (Å²) < 4.78 is 0. The van der Waals surface area contributed by atoms with Crippen molar-refractivity contribution in [1.82, 2.24) is 20.0 Å². The van der Waals surface area contributed by atoms with Gasteiger partial charge in [-0.3, -0.25) is 14.8 Å². The number of hydrogen-bond donors (Lipinski definition) is 2. The molecule has 0 saturated carbocycles. The van der Waals surface area contributed by atoms with Gasteiger partial charge in [-0.05, 0) is 19.1 Å². The summed E-state index contributed by atoms with van der Waals surface area (Å²) >= 11 is 0. The van der Waals surface area contributed by atoms with Crippen molar-refractivity contribution in [2.45, 2.75) is 13.0 Å². The minimum atomic E-state index is -0.327. The van der Waals surface area contributed by atoms with E-state index in [-0.39, 0.29) is 12.0 Å². The predicted molar refractivity (Wildman–Crippen MR) is 80.1 cm³/mol. The van der Waals surface area contributed by atoms with Crippen LogP contribution in [-0.2, 0) is 0 Å². The van der Waals surface area contributed by atoms with Gasteiger partial charge in [-0.25, -0.2) is 0 Å². The molecular weight excluding hydrogens is 268 g/mol. The molecule has 6 heteroatoms. The number of aliphatic hydroxyl groups excluding tert-OH is 1. The van der Waals surface area contributed by atoms with E-state index >= 15 is 0 Å². The summed E-state index contributed by atoms with van der Waals surface area (Å²) in [6.45, 7) is 5.45. The molecule has 112 valence electrons. The monoisotopic (exact) mass is 288 g/mol. The standard InChI is InChI=1S/C15H20N4O2/c1-11(20)10-18-5-7-19(8-6-18)15(21)12-3-2-4-14-13(12)9-16-17-14/h2-4,9,11,20H,5-8,10H2,1H3,(H,16,17)/t11-/m0/s1. The summed E-state index contributed by atoms with van der Waals surface area (Å²) in [5.74, 6) is 0.0543. The number of aliphatic hydroxyl groups is 1. The molecule has 6 nitrogen and oxygen atoms in total. The molecule has 0 radical (unpaired) electrons. The number of β-amino-alcohol motifs (C(OH)–C–C–N with tert-alkyl or cyclic N) is 1. The lowest BCUT2D eigenvalue weighted by molar-refractivity contribution is 0.0556. The maximum atomic E-state index is 12.7. The number of rotatable bonds is 3. The van der Waals surface area contributed by atoms with Gasteiger partial charge in [-0.2, -0.15) is 5.10 Å². The molecule has 0 bridgehead atoms. The fourth-order valence-corrected chi connectivity index (χ4v) is 2.83. The molecule has 1 saturated heterocycles. The topological polar surface area (TPSA) is 72.5 Å². The minimum absolute atomic E-state index is 0.0543. The Hall–Kier alpha value is -1.92. The first-order valence-corrected chi connectivity index (χ1v) is 7.27. The van der Waals surface area contributed by atoms with E-state index in [2.05, 4.69) is 15.1 Å². The molecule has 1 aromatic heterocycles. The third-order valence-electron chi connectivity index (χ3n) is 3.90. The fraction of sp³-hybridized carbons (Fsp3) is 0.467. The van der Waals surface area contributed by atoms with Crippen LogP contribution in [0.2, 0.25) is 0 Å². The number of benzene rings is 1. The average Bonchev–Trinajstić information content (AvgIpc) is 2.95. The number of carbonyl (C=O) groups excluding carboxylic acids is 1. The fourth-order valence-electron chi connectivity index (χ4n) is 2.83. The van der Waals surface area contributed by atoms with Crippen molar-refractivity contribution < 1.29 is 9.90 Å². The molecule has 1 aliphatic rings. The first-order chi connectivity index (χ1) is 10.1. The molecule has 21 heavy (non-hydrogen) atoms. The number of carbonyl (C=O) groups is 1. The molecular formula is C15H20N4O2. The highest BCUT2D eigenvalue weighted by Gasteiger charge is 2.23. The van der Waals surface area contributed by atoms with Crippen LogP contribution < -0.4 is 0 Å². The summed E-state index contributed by atoms with van der Waals surface area (Å²) in [7, 11) is 0. The van der Waals surface area contributed by atoms with E-state index in [4.69, 9.17) is 0 Å². The molecule has 2 N–H and O–H groups in total. The lowest BCUT2D eigenvalue weighted by atomic mass is 10.1. The van der Waals surface area contributed by atoms with Crippen LogP contribution >= 0.6 is 0 Å². The van der Waals surface area contributed by atoms with Gasteiger partial charge in [0.1, 0.15) is 0 Å². The Morgan fingerprint density at radius 2 is 2.14 bits per heavy atom. The van der Waals surface area contributed by atoms with E-state index in [0.29, 0.717) is 25.2 Å². The molecule has 0 unspecified atom stereocenters. The quantitative estimate of drug-likeness (QED) is 0.872. The van der Waals surface area contributed by atoms with E-state index in [1.54, 1.807) is 13.1 Å². The van der Waals surface area contributed by atoms with Crippen molar-refractivity contribution in [2.24, 2.45) is 0 Å². The van der Waals surface area contributed by atoms with Gasteiger partial charge in [-0.1, -0.05) is 6.07 Å². The van der Waals surface area contributed by atoms with Gasteiger partial charge in [0.05, 0.1) is 23.4 Å². The summed E-state index contributed by atoms with van der Waals surface area (Å²) in [5.41, 5.74) is 1.58. The van der Waals surface area contributed by atoms with E-state index < -0.39 is 0 Å². The van der Waals surface area contributed by atoms with Crippen molar-refractivity contribution in [1.29, 1.82) is 0 Å². The number of nitrogens with one attached hydrogen (secondary N) is 1. The lowest BCUT2D eigenvalue weighted by Crippen LogP contribution is -2.50.